The monoisotopic (exact) mass is 937 g/mol. The van der Waals surface area contributed by atoms with Gasteiger partial charge in [-0.2, -0.15) is 9.57 Å². The van der Waals surface area contributed by atoms with Gasteiger partial charge in [-0.15, -0.1) is 0 Å². The molecular formula is C47H41Cl2N5O8S2. The molecular weight excluding hydrogens is 898 g/mol. The SMILES string of the molecule is CCNc1nc(C)c(S(=O)(=O)N2Cc3cc4c(cc3C[C@H]2C(=O)NC(Cc2ccc(-c3ccc(C#N)cc3)cc2)C(=O)O)OC[C@H](c2ccc(OCc3ccc(Cl)c(Cl)c3)cc2)O4)s1. The molecule has 1 unspecified atom stereocenters. The average molecular weight is 939 g/mol. The third-order valence-electron chi connectivity index (χ3n) is 10.9. The molecule has 64 heavy (non-hydrogen) atoms. The highest BCUT2D eigenvalue weighted by atomic mass is 35.5. The summed E-state index contributed by atoms with van der Waals surface area (Å²) in [4.78, 5) is 31.4. The van der Waals surface area contributed by atoms with Crippen LogP contribution in [0.15, 0.2) is 107 Å². The average Bonchev–Trinajstić information content (AvgIpc) is 3.68. The molecule has 3 atom stereocenters. The van der Waals surface area contributed by atoms with E-state index in [-0.39, 0.29) is 35.9 Å². The van der Waals surface area contributed by atoms with Crippen molar-refractivity contribution in [1.29, 1.82) is 5.26 Å². The van der Waals surface area contributed by atoms with Crippen LogP contribution in [0.2, 0.25) is 10.0 Å². The smallest absolute Gasteiger partial charge is 0.326 e. The Labute approximate surface area is 384 Å². The van der Waals surface area contributed by atoms with Crippen LogP contribution in [0.1, 0.15) is 52.1 Å². The van der Waals surface area contributed by atoms with Crippen LogP contribution >= 0.6 is 34.5 Å². The van der Waals surface area contributed by atoms with E-state index < -0.39 is 40.1 Å². The number of aryl methyl sites for hydroxylation is 1. The molecule has 2 aliphatic heterocycles. The standard InChI is InChI=1S/C47H41Cl2N5O8S2/c1-3-51-47-52-27(2)46(63-47)64(58,59)54-24-35-22-42-41(61-26-43(62-42)33-13-15-36(16-14-33)60-25-30-8-17-37(48)38(49)18-30)21-34(35)20-40(54)44(55)53-39(45(56)57)19-28-4-9-31(10-5-28)32-11-6-29(23-50)7-12-32/h4-18,21-22,39-40,43H,3,19-20,24-26H2,1-2H3,(H,51,52)(H,53,55)(H,56,57)/t39?,40-,43+/m0/s1. The number of benzene rings is 5. The van der Waals surface area contributed by atoms with Gasteiger partial charge in [0.05, 0.1) is 27.4 Å². The van der Waals surface area contributed by atoms with Gasteiger partial charge in [0.2, 0.25) is 5.91 Å². The normalized spacial score (nSPS) is 16.2. The molecule has 13 nitrogen and oxygen atoms in total. The molecule has 2 aliphatic rings. The van der Waals surface area contributed by atoms with E-state index in [2.05, 4.69) is 21.7 Å². The van der Waals surface area contributed by atoms with E-state index in [0.29, 0.717) is 67.8 Å². The molecule has 5 aromatic carbocycles. The summed E-state index contributed by atoms with van der Waals surface area (Å²) in [5.74, 6) is -0.546. The van der Waals surface area contributed by atoms with Crippen LogP contribution in [-0.2, 0) is 45.6 Å². The van der Waals surface area contributed by atoms with Crippen LogP contribution < -0.4 is 24.8 Å². The summed E-state index contributed by atoms with van der Waals surface area (Å²) in [5.41, 5.74) is 6.17. The summed E-state index contributed by atoms with van der Waals surface area (Å²) >= 11 is 13.2. The Hall–Kier alpha value is -6.15. The van der Waals surface area contributed by atoms with Gasteiger partial charge in [-0.25, -0.2) is 18.2 Å². The maximum Gasteiger partial charge on any atom is 0.326 e. The van der Waals surface area contributed by atoms with Crippen LogP contribution in [0.25, 0.3) is 11.1 Å². The molecule has 6 aromatic rings. The third kappa shape index (κ3) is 9.67. The van der Waals surface area contributed by atoms with Crippen LogP contribution in [-0.4, -0.2) is 59.9 Å². The van der Waals surface area contributed by atoms with Gasteiger partial charge < -0.3 is 30.0 Å². The minimum atomic E-state index is -4.36. The van der Waals surface area contributed by atoms with Crippen molar-refractivity contribution < 1.29 is 37.3 Å². The Morgan fingerprint density at radius 1 is 0.953 bits per heavy atom. The number of aliphatic carboxylic acids is 1. The first kappa shape index (κ1) is 44.5. The van der Waals surface area contributed by atoms with E-state index >= 15 is 0 Å². The van der Waals surface area contributed by atoms with E-state index in [1.807, 2.05) is 61.5 Å². The lowest BCUT2D eigenvalue weighted by atomic mass is 9.94. The summed E-state index contributed by atoms with van der Waals surface area (Å²) in [6.07, 6.45) is -0.603. The quantitative estimate of drug-likeness (QED) is 0.0951. The second-order valence-electron chi connectivity index (χ2n) is 15.3. The van der Waals surface area contributed by atoms with Crippen molar-refractivity contribution in [2.45, 2.75) is 62.2 Å². The van der Waals surface area contributed by atoms with E-state index in [4.69, 9.17) is 42.7 Å². The van der Waals surface area contributed by atoms with Crippen LogP contribution in [0.3, 0.4) is 0 Å². The molecule has 1 amide bonds. The summed E-state index contributed by atoms with van der Waals surface area (Å²) in [6.45, 7) is 4.27. The zero-order valence-electron chi connectivity index (χ0n) is 34.5. The van der Waals surface area contributed by atoms with E-state index in [0.717, 1.165) is 37.9 Å². The number of carbonyl (C=O) groups is 2. The largest absolute Gasteiger partial charge is 0.489 e. The Morgan fingerprint density at radius 2 is 1.64 bits per heavy atom. The van der Waals surface area contributed by atoms with Crippen molar-refractivity contribution >= 4 is 61.6 Å². The Balaban J connectivity index is 1.02. The van der Waals surface area contributed by atoms with Crippen molar-refractivity contribution in [1.82, 2.24) is 14.6 Å². The predicted octanol–water partition coefficient (Wildman–Crippen LogP) is 8.75. The summed E-state index contributed by atoms with van der Waals surface area (Å²) in [6, 6.07) is 30.0. The molecule has 0 spiro atoms. The van der Waals surface area contributed by atoms with Gasteiger partial charge in [-0.3, -0.25) is 4.79 Å². The maximum atomic E-state index is 14.6. The molecule has 3 heterocycles. The van der Waals surface area contributed by atoms with Gasteiger partial charge in [0, 0.05) is 19.5 Å². The first-order valence-corrected chi connectivity index (χ1v) is 23.3. The fourth-order valence-electron chi connectivity index (χ4n) is 7.57. The molecule has 0 fully saturated rings. The lowest BCUT2D eigenvalue weighted by Crippen LogP contribution is -2.55. The number of nitriles is 1. The number of carbonyl (C=O) groups excluding carboxylic acids is 1. The molecule has 1 aromatic heterocycles. The molecule has 0 aliphatic carbocycles. The summed E-state index contributed by atoms with van der Waals surface area (Å²) in [5, 5.41) is 26.5. The molecule has 0 radical (unpaired) electrons. The number of sulfonamides is 1. The molecule has 0 saturated heterocycles. The lowest BCUT2D eigenvalue weighted by Gasteiger charge is -2.36. The first-order chi connectivity index (χ1) is 30.8. The molecule has 328 valence electrons. The number of hydrogen-bond donors (Lipinski definition) is 3. The number of carboxylic acids is 1. The number of hydrogen-bond acceptors (Lipinski definition) is 11. The number of ether oxygens (including phenoxy) is 3. The molecule has 17 heteroatoms. The predicted molar refractivity (Wildman–Crippen MR) is 244 cm³/mol. The topological polar surface area (TPSA) is 180 Å². The van der Waals surface area contributed by atoms with E-state index in [1.54, 1.807) is 55.5 Å². The fraction of sp³-hybridized carbons (Fsp3) is 0.234. The number of thiazole rings is 1. The number of anilines is 1. The van der Waals surface area contributed by atoms with Gasteiger partial charge in [0.1, 0.15) is 31.0 Å². The molecule has 0 bridgehead atoms. The number of aromatic nitrogens is 1. The third-order valence-corrected chi connectivity index (χ3v) is 15.2. The van der Waals surface area contributed by atoms with Gasteiger partial charge in [-0.1, -0.05) is 89.1 Å². The number of halogens is 2. The first-order valence-electron chi connectivity index (χ1n) is 20.3. The number of amides is 1. The lowest BCUT2D eigenvalue weighted by molar-refractivity contribution is -0.142. The zero-order valence-corrected chi connectivity index (χ0v) is 37.7. The number of nitrogens with one attached hydrogen (secondary N) is 2. The maximum absolute atomic E-state index is 14.6. The minimum Gasteiger partial charge on any atom is -0.489 e. The van der Waals surface area contributed by atoms with Gasteiger partial charge in [-0.05, 0) is 108 Å². The van der Waals surface area contributed by atoms with Crippen LogP contribution in [0.5, 0.6) is 17.2 Å². The number of fused-ring (bicyclic) bond motifs is 2. The highest BCUT2D eigenvalue weighted by molar-refractivity contribution is 7.91. The van der Waals surface area contributed by atoms with Crippen molar-refractivity contribution in [3.63, 3.8) is 0 Å². The summed E-state index contributed by atoms with van der Waals surface area (Å²) in [7, 11) is -4.36. The second-order valence-corrected chi connectivity index (χ2v) is 19.2. The van der Waals surface area contributed by atoms with Crippen molar-refractivity contribution in [3.05, 3.63) is 152 Å². The van der Waals surface area contributed by atoms with E-state index in [1.165, 1.54) is 0 Å². The van der Waals surface area contributed by atoms with Gasteiger partial charge in [0.15, 0.2) is 26.9 Å². The van der Waals surface area contributed by atoms with Crippen molar-refractivity contribution in [2.75, 3.05) is 18.5 Å². The number of rotatable bonds is 14. The number of nitrogens with zero attached hydrogens (tertiary/aromatic N) is 3. The fourth-order valence-corrected chi connectivity index (χ4v) is 11.1. The van der Waals surface area contributed by atoms with Crippen molar-refractivity contribution in [3.8, 4) is 34.4 Å². The van der Waals surface area contributed by atoms with E-state index in [9.17, 15) is 23.1 Å². The highest BCUT2D eigenvalue weighted by Crippen LogP contribution is 2.42. The van der Waals surface area contributed by atoms with Crippen molar-refractivity contribution in [2.24, 2.45) is 0 Å². The Bertz CT molecular complexity index is 2870. The van der Waals surface area contributed by atoms with Gasteiger partial charge in [0.25, 0.3) is 10.0 Å². The Morgan fingerprint density at radius 3 is 2.31 bits per heavy atom. The number of carboxylic acid groups (broad SMARTS) is 1. The minimum absolute atomic E-state index is 0.0242. The highest BCUT2D eigenvalue weighted by Gasteiger charge is 2.43. The van der Waals surface area contributed by atoms with Gasteiger partial charge >= 0.3 is 5.97 Å². The van der Waals surface area contributed by atoms with Crippen LogP contribution in [0, 0.1) is 18.3 Å². The zero-order chi connectivity index (χ0) is 45.1. The molecule has 3 N–H and O–H groups in total. The molecule has 0 saturated carbocycles. The summed E-state index contributed by atoms with van der Waals surface area (Å²) < 4.78 is 49.0. The Kier molecular flexibility index (Phi) is 13.1. The van der Waals surface area contributed by atoms with Crippen LogP contribution in [0.4, 0.5) is 5.13 Å². The molecule has 8 rings (SSSR count). The second kappa shape index (κ2) is 18.9.